The molecule has 6 heteroatoms. The highest BCUT2D eigenvalue weighted by Gasteiger charge is 2.26. The van der Waals surface area contributed by atoms with Crippen LogP contribution in [-0.2, 0) is 19.4 Å². The number of hydrogen-bond acceptors (Lipinski definition) is 5. The van der Waals surface area contributed by atoms with E-state index in [1.807, 2.05) is 18.7 Å². The Labute approximate surface area is 249 Å². The fourth-order valence-electron chi connectivity index (χ4n) is 5.25. The van der Waals surface area contributed by atoms with Crippen LogP contribution >= 0.6 is 0 Å². The molecular weight excluding hydrogens is 500 g/mol. The summed E-state index contributed by atoms with van der Waals surface area (Å²) in [4.78, 5) is 41.3. The van der Waals surface area contributed by atoms with Crippen molar-refractivity contribution in [1.82, 2.24) is 9.80 Å². The van der Waals surface area contributed by atoms with Gasteiger partial charge in [0, 0.05) is 19.0 Å². The molecule has 0 spiro atoms. The molecule has 0 saturated heterocycles. The molecule has 238 valence electrons. The van der Waals surface area contributed by atoms with Gasteiger partial charge in [-0.15, -0.1) is 0 Å². The molecule has 0 fully saturated rings. The topological polar surface area (TPSA) is 59.1 Å². The Kier molecular flexibility index (Phi) is 27.2. The minimum absolute atomic E-state index is 0.0720. The third-order valence-corrected chi connectivity index (χ3v) is 7.99. The summed E-state index contributed by atoms with van der Waals surface area (Å²) in [5, 5.41) is 0. The van der Waals surface area contributed by atoms with Gasteiger partial charge in [-0.3, -0.25) is 9.68 Å². The third-order valence-electron chi connectivity index (χ3n) is 7.99. The van der Waals surface area contributed by atoms with Crippen molar-refractivity contribution < 1.29 is 19.4 Å². The summed E-state index contributed by atoms with van der Waals surface area (Å²) in [5.41, 5.74) is 0. The SMILES string of the molecule is CCCCCCCCCCN(C(=O)CCCCN(C)C)C(CCCCCCCCC)CC(=O)OOC(CC)CC. The van der Waals surface area contributed by atoms with Gasteiger partial charge < -0.3 is 9.80 Å². The Bertz CT molecular complexity index is 580. The number of carbonyl (C=O) groups excluding carboxylic acids is 2. The number of unbranched alkanes of at least 4 members (excludes halogenated alkanes) is 14. The van der Waals surface area contributed by atoms with Crippen LogP contribution in [-0.4, -0.2) is 61.0 Å². The van der Waals surface area contributed by atoms with E-state index >= 15 is 0 Å². The van der Waals surface area contributed by atoms with Gasteiger partial charge in [0.1, 0.15) is 6.10 Å². The first-order valence-corrected chi connectivity index (χ1v) is 17.2. The fraction of sp³-hybridized carbons (Fsp3) is 0.941. The van der Waals surface area contributed by atoms with E-state index in [0.29, 0.717) is 6.42 Å². The van der Waals surface area contributed by atoms with Crippen molar-refractivity contribution in [2.45, 2.75) is 181 Å². The average Bonchev–Trinajstić information content (AvgIpc) is 2.94. The minimum atomic E-state index is -0.346. The van der Waals surface area contributed by atoms with Gasteiger partial charge >= 0.3 is 5.97 Å². The lowest BCUT2D eigenvalue weighted by molar-refractivity contribution is -0.299. The monoisotopic (exact) mass is 569 g/mol. The van der Waals surface area contributed by atoms with E-state index < -0.39 is 0 Å². The molecule has 0 aromatic rings. The average molecular weight is 569 g/mol. The molecule has 0 saturated carbocycles. The molecule has 1 amide bonds. The molecule has 0 radical (unpaired) electrons. The first-order chi connectivity index (χ1) is 19.4. The maximum absolute atomic E-state index is 13.5. The Hall–Kier alpha value is -1.14. The molecule has 0 aromatic carbocycles. The predicted octanol–water partition coefficient (Wildman–Crippen LogP) is 9.25. The number of hydrogen-bond donors (Lipinski definition) is 0. The lowest BCUT2D eigenvalue weighted by Gasteiger charge is -2.32. The molecule has 0 aliphatic heterocycles. The van der Waals surface area contributed by atoms with Crippen molar-refractivity contribution in [2.75, 3.05) is 27.2 Å². The third kappa shape index (κ3) is 22.5. The van der Waals surface area contributed by atoms with Gasteiger partial charge in [-0.05, 0) is 59.2 Å². The van der Waals surface area contributed by atoms with Gasteiger partial charge in [-0.2, -0.15) is 4.89 Å². The highest BCUT2D eigenvalue weighted by molar-refractivity contribution is 5.77. The number of nitrogens with zero attached hydrogens (tertiary/aromatic N) is 2. The molecule has 0 heterocycles. The van der Waals surface area contributed by atoms with E-state index in [1.54, 1.807) is 0 Å². The molecule has 0 bridgehead atoms. The molecule has 0 rings (SSSR count). The van der Waals surface area contributed by atoms with E-state index in [9.17, 15) is 9.59 Å². The normalized spacial score (nSPS) is 12.3. The van der Waals surface area contributed by atoms with Crippen molar-refractivity contribution in [1.29, 1.82) is 0 Å². The van der Waals surface area contributed by atoms with Crippen molar-refractivity contribution >= 4 is 11.9 Å². The van der Waals surface area contributed by atoms with Gasteiger partial charge in [-0.25, -0.2) is 4.79 Å². The number of rotatable bonds is 29. The second-order valence-corrected chi connectivity index (χ2v) is 12.1. The Morgan fingerprint density at radius 1 is 0.625 bits per heavy atom. The number of amides is 1. The fourth-order valence-corrected chi connectivity index (χ4v) is 5.25. The van der Waals surface area contributed by atoms with Gasteiger partial charge in [0.05, 0.1) is 6.42 Å². The maximum Gasteiger partial charge on any atom is 0.344 e. The molecule has 0 aliphatic carbocycles. The van der Waals surface area contributed by atoms with E-state index in [-0.39, 0.29) is 30.4 Å². The summed E-state index contributed by atoms with van der Waals surface area (Å²) < 4.78 is 0. The van der Waals surface area contributed by atoms with Crippen LogP contribution in [0.15, 0.2) is 0 Å². The summed E-state index contributed by atoms with van der Waals surface area (Å²) in [5.74, 6) is -0.149. The van der Waals surface area contributed by atoms with Gasteiger partial charge in [0.25, 0.3) is 0 Å². The molecule has 0 aromatic heterocycles. The quantitative estimate of drug-likeness (QED) is 0.0511. The highest BCUT2D eigenvalue weighted by Crippen LogP contribution is 2.20. The zero-order valence-electron chi connectivity index (χ0n) is 27.7. The van der Waals surface area contributed by atoms with Crippen LogP contribution in [0, 0.1) is 0 Å². The zero-order valence-corrected chi connectivity index (χ0v) is 27.7. The lowest BCUT2D eigenvalue weighted by atomic mass is 10.0. The minimum Gasteiger partial charge on any atom is -0.339 e. The van der Waals surface area contributed by atoms with Crippen LogP contribution in [0.3, 0.4) is 0 Å². The van der Waals surface area contributed by atoms with E-state index in [2.05, 4.69) is 32.8 Å². The first kappa shape index (κ1) is 38.9. The molecule has 1 unspecified atom stereocenters. The standard InChI is InChI=1S/C34H68N2O4/c1-7-11-13-15-17-19-21-24-29-36(33(37)27-23-25-28-35(5)6)31(26-22-20-18-16-14-12-8-2)30-34(38)40-39-32(9-3)10-4/h31-32H,7-30H2,1-6H3. The van der Waals surface area contributed by atoms with Crippen LogP contribution in [0.1, 0.15) is 169 Å². The summed E-state index contributed by atoms with van der Waals surface area (Å²) in [6.07, 6.45) is 23.5. The van der Waals surface area contributed by atoms with Crippen LogP contribution in [0.25, 0.3) is 0 Å². The smallest absolute Gasteiger partial charge is 0.339 e. The summed E-state index contributed by atoms with van der Waals surface area (Å²) in [6, 6.07) is -0.112. The molecular formula is C34H68N2O4. The predicted molar refractivity (Wildman–Crippen MR) is 169 cm³/mol. The van der Waals surface area contributed by atoms with Crippen LogP contribution < -0.4 is 0 Å². The van der Waals surface area contributed by atoms with Crippen LogP contribution in [0.2, 0.25) is 0 Å². The molecule has 40 heavy (non-hydrogen) atoms. The van der Waals surface area contributed by atoms with E-state index in [0.717, 1.165) is 70.9 Å². The second kappa shape index (κ2) is 28.0. The van der Waals surface area contributed by atoms with E-state index in [1.165, 1.54) is 70.6 Å². The van der Waals surface area contributed by atoms with Gasteiger partial charge in [0.2, 0.25) is 5.91 Å². The molecule has 0 aliphatic rings. The van der Waals surface area contributed by atoms with Crippen LogP contribution in [0.4, 0.5) is 0 Å². The van der Waals surface area contributed by atoms with Crippen molar-refractivity contribution in [3.63, 3.8) is 0 Å². The van der Waals surface area contributed by atoms with Crippen molar-refractivity contribution in [3.05, 3.63) is 0 Å². The first-order valence-electron chi connectivity index (χ1n) is 17.2. The molecule has 6 nitrogen and oxygen atoms in total. The Balaban J connectivity index is 5.22. The Morgan fingerprint density at radius 2 is 1.12 bits per heavy atom. The summed E-state index contributed by atoms with van der Waals surface area (Å²) >= 11 is 0. The van der Waals surface area contributed by atoms with Gasteiger partial charge in [-0.1, -0.05) is 118 Å². The van der Waals surface area contributed by atoms with E-state index in [4.69, 9.17) is 9.78 Å². The zero-order chi connectivity index (χ0) is 29.8. The Morgan fingerprint density at radius 3 is 1.65 bits per heavy atom. The largest absolute Gasteiger partial charge is 0.344 e. The number of carbonyl (C=O) groups is 2. The summed E-state index contributed by atoms with van der Waals surface area (Å²) in [7, 11) is 4.15. The van der Waals surface area contributed by atoms with Crippen molar-refractivity contribution in [2.24, 2.45) is 0 Å². The van der Waals surface area contributed by atoms with Crippen molar-refractivity contribution in [3.8, 4) is 0 Å². The maximum atomic E-state index is 13.5. The highest BCUT2D eigenvalue weighted by atomic mass is 17.2. The summed E-state index contributed by atoms with van der Waals surface area (Å²) in [6.45, 7) is 10.3. The van der Waals surface area contributed by atoms with Gasteiger partial charge in [0.15, 0.2) is 0 Å². The second-order valence-electron chi connectivity index (χ2n) is 12.1. The molecule has 0 N–H and O–H groups in total. The van der Waals surface area contributed by atoms with Crippen LogP contribution in [0.5, 0.6) is 0 Å². The lowest BCUT2D eigenvalue weighted by Crippen LogP contribution is -2.42. The molecule has 1 atom stereocenters.